The molecule has 3 rings (SSSR count). The van der Waals surface area contributed by atoms with Gasteiger partial charge in [0.05, 0.1) is 11.4 Å². The van der Waals surface area contributed by atoms with E-state index in [9.17, 15) is 4.79 Å². The predicted octanol–water partition coefficient (Wildman–Crippen LogP) is 3.01. The van der Waals surface area contributed by atoms with Crippen LogP contribution in [-0.4, -0.2) is 39.2 Å². The Bertz CT molecular complexity index is 759. The van der Waals surface area contributed by atoms with Crippen LogP contribution in [0.4, 0.5) is 11.8 Å². The van der Waals surface area contributed by atoms with Crippen LogP contribution >= 0.6 is 15.9 Å². The average molecular weight is 419 g/mol. The van der Waals surface area contributed by atoms with E-state index in [1.807, 2.05) is 6.07 Å². The number of hydrogen-bond acceptors (Lipinski definition) is 6. The molecule has 2 aromatic rings. The second-order valence-electron chi connectivity index (χ2n) is 6.32. The minimum Gasteiger partial charge on any atom is -0.339 e. The largest absolute Gasteiger partial charge is 0.339 e. The molecule has 3 heterocycles. The zero-order chi connectivity index (χ0) is 18.5. The molecule has 0 aliphatic carbocycles. The van der Waals surface area contributed by atoms with Crippen LogP contribution in [0.5, 0.6) is 0 Å². The van der Waals surface area contributed by atoms with E-state index in [2.05, 4.69) is 60.2 Å². The molecule has 0 atom stereocenters. The fraction of sp³-hybridized carbons (Fsp3) is 0.500. The number of nitrogens with one attached hydrogen (secondary N) is 1. The van der Waals surface area contributed by atoms with Crippen molar-refractivity contribution in [3.05, 3.63) is 34.2 Å². The van der Waals surface area contributed by atoms with Crippen molar-refractivity contribution in [2.45, 2.75) is 39.5 Å². The molecule has 0 spiro atoms. The van der Waals surface area contributed by atoms with Gasteiger partial charge in [0.25, 0.3) is 0 Å². The fourth-order valence-corrected chi connectivity index (χ4v) is 3.32. The van der Waals surface area contributed by atoms with Crippen molar-refractivity contribution < 1.29 is 4.79 Å². The van der Waals surface area contributed by atoms with E-state index in [0.717, 1.165) is 54.6 Å². The molecular weight excluding hydrogens is 396 g/mol. The number of carbonyl (C=O) groups is 1. The molecule has 1 N–H and O–H groups in total. The van der Waals surface area contributed by atoms with Crippen molar-refractivity contribution in [3.8, 4) is 0 Å². The van der Waals surface area contributed by atoms with E-state index >= 15 is 0 Å². The van der Waals surface area contributed by atoms with E-state index in [1.54, 1.807) is 12.3 Å². The van der Waals surface area contributed by atoms with Gasteiger partial charge in [-0.15, -0.1) is 5.10 Å². The van der Waals surface area contributed by atoms with Crippen molar-refractivity contribution in [1.29, 1.82) is 0 Å². The molecule has 7 nitrogen and oxygen atoms in total. The number of aryl methyl sites for hydroxylation is 2. The zero-order valence-electron chi connectivity index (χ0n) is 15.1. The molecule has 1 aliphatic rings. The second-order valence-corrected chi connectivity index (χ2v) is 7.24. The number of pyridine rings is 1. The van der Waals surface area contributed by atoms with Gasteiger partial charge in [0.15, 0.2) is 0 Å². The third-order valence-corrected chi connectivity index (χ3v) is 5.09. The van der Waals surface area contributed by atoms with E-state index in [-0.39, 0.29) is 11.8 Å². The van der Waals surface area contributed by atoms with Crippen molar-refractivity contribution in [1.82, 2.24) is 20.2 Å². The highest BCUT2D eigenvalue weighted by Crippen LogP contribution is 2.22. The summed E-state index contributed by atoms with van der Waals surface area (Å²) < 4.78 is 0.887. The summed E-state index contributed by atoms with van der Waals surface area (Å²) in [5, 5.41) is 11.5. The first-order valence-corrected chi connectivity index (χ1v) is 9.79. The highest BCUT2D eigenvalue weighted by Gasteiger charge is 2.27. The van der Waals surface area contributed by atoms with Gasteiger partial charge in [-0.25, -0.2) is 9.97 Å². The third kappa shape index (κ3) is 4.35. The summed E-state index contributed by atoms with van der Waals surface area (Å²) in [5.41, 5.74) is 1.98. The van der Waals surface area contributed by atoms with Gasteiger partial charge in [0.1, 0.15) is 5.82 Å². The van der Waals surface area contributed by atoms with E-state index in [4.69, 9.17) is 0 Å². The highest BCUT2D eigenvalue weighted by molar-refractivity contribution is 9.10. The summed E-state index contributed by atoms with van der Waals surface area (Å²) in [6.45, 7) is 5.65. The van der Waals surface area contributed by atoms with E-state index in [1.165, 1.54) is 0 Å². The van der Waals surface area contributed by atoms with Gasteiger partial charge in [-0.1, -0.05) is 13.8 Å². The summed E-state index contributed by atoms with van der Waals surface area (Å²) in [4.78, 5) is 23.4. The topological polar surface area (TPSA) is 83.9 Å². The number of anilines is 2. The summed E-state index contributed by atoms with van der Waals surface area (Å²) in [6.07, 6.45) is 4.90. The van der Waals surface area contributed by atoms with Crippen molar-refractivity contribution in [3.63, 3.8) is 0 Å². The number of rotatable bonds is 5. The standard InChI is InChI=1S/C18H23BrN6O/c1-3-14-15(4-2)23-24-18(21-14)25-9-7-12(8-10-25)17(26)22-16-6-5-13(19)11-20-16/h5-6,11-12H,3-4,7-10H2,1-2H3,(H,20,22,26). The molecule has 2 aromatic heterocycles. The van der Waals surface area contributed by atoms with E-state index in [0.29, 0.717) is 11.8 Å². The molecular formula is C18H23BrN6O. The van der Waals surface area contributed by atoms with Gasteiger partial charge in [-0.05, 0) is 53.7 Å². The Kier molecular flexibility index (Phi) is 6.13. The monoisotopic (exact) mass is 418 g/mol. The molecule has 1 saturated heterocycles. The Morgan fingerprint density at radius 1 is 1.19 bits per heavy atom. The van der Waals surface area contributed by atoms with Gasteiger partial charge >= 0.3 is 0 Å². The Hall–Kier alpha value is -2.09. The lowest BCUT2D eigenvalue weighted by Gasteiger charge is -2.31. The number of aromatic nitrogens is 4. The Labute approximate surface area is 161 Å². The normalized spacial score (nSPS) is 15.1. The molecule has 1 aliphatic heterocycles. The highest BCUT2D eigenvalue weighted by atomic mass is 79.9. The van der Waals surface area contributed by atoms with Crippen LogP contribution in [0.2, 0.25) is 0 Å². The van der Waals surface area contributed by atoms with Crippen LogP contribution in [0.3, 0.4) is 0 Å². The van der Waals surface area contributed by atoms with Gasteiger partial charge in [0.2, 0.25) is 11.9 Å². The van der Waals surface area contributed by atoms with Crippen LogP contribution in [-0.2, 0) is 17.6 Å². The molecule has 8 heteroatoms. The summed E-state index contributed by atoms with van der Waals surface area (Å²) >= 11 is 3.34. The van der Waals surface area contributed by atoms with Crippen LogP contribution in [0.1, 0.15) is 38.1 Å². The van der Waals surface area contributed by atoms with Gasteiger partial charge < -0.3 is 10.2 Å². The van der Waals surface area contributed by atoms with Crippen LogP contribution in [0.25, 0.3) is 0 Å². The first kappa shape index (κ1) is 18.7. The maximum atomic E-state index is 12.5. The SMILES string of the molecule is CCc1nnc(N2CCC(C(=O)Nc3ccc(Br)cn3)CC2)nc1CC. The second kappa shape index (κ2) is 8.53. The number of nitrogens with zero attached hydrogens (tertiary/aromatic N) is 5. The maximum absolute atomic E-state index is 12.5. The van der Waals surface area contributed by atoms with E-state index < -0.39 is 0 Å². The molecule has 0 saturated carbocycles. The quantitative estimate of drug-likeness (QED) is 0.802. The zero-order valence-corrected chi connectivity index (χ0v) is 16.7. The van der Waals surface area contributed by atoms with Crippen molar-refractivity contribution in [2.75, 3.05) is 23.3 Å². The molecule has 1 amide bonds. The van der Waals surface area contributed by atoms with Crippen LogP contribution in [0.15, 0.2) is 22.8 Å². The summed E-state index contributed by atoms with van der Waals surface area (Å²) in [6, 6.07) is 3.65. The Morgan fingerprint density at radius 3 is 2.54 bits per heavy atom. The Balaban J connectivity index is 1.58. The van der Waals surface area contributed by atoms with Crippen LogP contribution in [0, 0.1) is 5.92 Å². The minimum absolute atomic E-state index is 0.0223. The molecule has 0 aromatic carbocycles. The Morgan fingerprint density at radius 2 is 1.92 bits per heavy atom. The number of carbonyl (C=O) groups excluding carboxylic acids is 1. The molecule has 0 radical (unpaired) electrons. The first-order valence-electron chi connectivity index (χ1n) is 9.00. The van der Waals surface area contributed by atoms with Gasteiger partial charge in [0, 0.05) is 29.7 Å². The lowest BCUT2D eigenvalue weighted by molar-refractivity contribution is -0.120. The average Bonchev–Trinajstić information content (AvgIpc) is 2.69. The summed E-state index contributed by atoms with van der Waals surface area (Å²) in [5.74, 6) is 1.25. The minimum atomic E-state index is -0.0229. The molecule has 26 heavy (non-hydrogen) atoms. The molecule has 0 unspecified atom stereocenters. The number of amides is 1. The number of piperidine rings is 1. The smallest absolute Gasteiger partial charge is 0.245 e. The fourth-order valence-electron chi connectivity index (χ4n) is 3.08. The summed E-state index contributed by atoms with van der Waals surface area (Å²) in [7, 11) is 0. The first-order chi connectivity index (χ1) is 12.6. The predicted molar refractivity (Wildman–Crippen MR) is 104 cm³/mol. The maximum Gasteiger partial charge on any atom is 0.245 e. The van der Waals surface area contributed by atoms with Gasteiger partial charge in [-0.3, -0.25) is 4.79 Å². The lowest BCUT2D eigenvalue weighted by atomic mass is 9.96. The third-order valence-electron chi connectivity index (χ3n) is 4.63. The lowest BCUT2D eigenvalue weighted by Crippen LogP contribution is -2.39. The molecule has 138 valence electrons. The number of hydrogen-bond donors (Lipinski definition) is 1. The molecule has 0 bridgehead atoms. The van der Waals surface area contributed by atoms with Crippen LogP contribution < -0.4 is 10.2 Å². The number of halogens is 1. The molecule has 1 fully saturated rings. The van der Waals surface area contributed by atoms with Crippen molar-refractivity contribution >= 4 is 33.6 Å². The van der Waals surface area contributed by atoms with Crippen molar-refractivity contribution in [2.24, 2.45) is 5.92 Å². The van der Waals surface area contributed by atoms with Gasteiger partial charge in [-0.2, -0.15) is 5.10 Å².